The van der Waals surface area contributed by atoms with Gasteiger partial charge in [0.2, 0.25) is 17.7 Å². The first-order chi connectivity index (χ1) is 18.9. The van der Waals surface area contributed by atoms with E-state index in [2.05, 4.69) is 5.32 Å². The number of carbonyl (C=O) groups excluding carboxylic acids is 4. The Bertz CT molecular complexity index is 1440. The van der Waals surface area contributed by atoms with E-state index < -0.39 is 29.2 Å². The minimum Gasteiger partial charge on any atom is -0.502 e. The minimum absolute atomic E-state index is 0.0110. The van der Waals surface area contributed by atoms with Crippen molar-refractivity contribution in [3.05, 3.63) is 46.5 Å². The topological polar surface area (TPSA) is 105 Å². The molecule has 0 aromatic heterocycles. The van der Waals surface area contributed by atoms with Gasteiger partial charge < -0.3 is 19.3 Å². The van der Waals surface area contributed by atoms with Crippen LogP contribution in [0.5, 0.6) is 5.75 Å². The normalized spacial score (nSPS) is 20.4. The molecule has 1 N–H and O–H groups in total. The number of benzene rings is 2. The molecule has 12 radical (unpaired) electrons. The number of piperidine rings is 1. The summed E-state index contributed by atoms with van der Waals surface area (Å²) in [5.74, 6) is -2.44. The van der Waals surface area contributed by atoms with E-state index in [1.807, 2.05) is 0 Å². The van der Waals surface area contributed by atoms with Crippen molar-refractivity contribution in [2.45, 2.75) is 36.8 Å². The Morgan fingerprint density at radius 3 is 2.55 bits per heavy atom. The van der Waals surface area contributed by atoms with Gasteiger partial charge in [-0.2, -0.15) is 0 Å². The van der Waals surface area contributed by atoms with Crippen LogP contribution < -0.4 is 26.4 Å². The molecule has 15 heteroatoms. The van der Waals surface area contributed by atoms with E-state index >= 15 is 0 Å². The zero-order valence-electron chi connectivity index (χ0n) is 21.5. The Labute approximate surface area is 239 Å². The number of morpholine rings is 1. The van der Waals surface area contributed by atoms with Gasteiger partial charge in [-0.3, -0.25) is 24.5 Å². The molecule has 2 aromatic carbocycles. The molecule has 3 aliphatic heterocycles. The van der Waals surface area contributed by atoms with E-state index in [-0.39, 0.29) is 77.6 Å². The molecule has 40 heavy (non-hydrogen) atoms. The van der Waals surface area contributed by atoms with Crippen molar-refractivity contribution >= 4 is 87.1 Å². The molecule has 2 aromatic rings. The number of amides is 4. The van der Waals surface area contributed by atoms with Crippen LogP contribution in [0.4, 0.5) is 0 Å². The number of imide groups is 1. The number of rotatable bonds is 6. The average molecular weight is 522 g/mol. The first kappa shape index (κ1) is 28.2. The number of fused-ring (bicyclic) bond motifs is 1. The Balaban J connectivity index is 1.43. The Hall–Kier alpha value is -3.33. The highest BCUT2D eigenvalue weighted by Crippen LogP contribution is 2.35. The zero-order chi connectivity index (χ0) is 28.9. The molecular formula is C25H19B6N3O6. The van der Waals surface area contributed by atoms with Crippen molar-refractivity contribution in [1.82, 2.24) is 15.1 Å². The lowest BCUT2D eigenvalue weighted by Crippen LogP contribution is -2.52. The summed E-state index contributed by atoms with van der Waals surface area (Å²) in [6.07, 6.45) is 0.327. The molecule has 0 bridgehead atoms. The number of ether oxygens (including phenoxy) is 2. The van der Waals surface area contributed by atoms with Crippen molar-refractivity contribution in [2.24, 2.45) is 0 Å². The number of hydrogen-bond donors (Lipinski definition) is 1. The van der Waals surface area contributed by atoms with Crippen LogP contribution in [0.1, 0.15) is 45.8 Å². The fourth-order valence-corrected chi connectivity index (χ4v) is 5.28. The molecule has 0 aliphatic carbocycles. The van der Waals surface area contributed by atoms with Crippen molar-refractivity contribution in [1.29, 1.82) is 0 Å². The maximum absolute atomic E-state index is 13.2. The molecule has 9 nitrogen and oxygen atoms in total. The fourth-order valence-electron chi connectivity index (χ4n) is 5.28. The predicted octanol–water partition coefficient (Wildman–Crippen LogP) is -3.62. The maximum atomic E-state index is 13.2. The number of nitrogens with zero attached hydrogens (tertiary/aromatic N) is 2. The smallest absolute Gasteiger partial charge is 0.255 e. The molecule has 2 unspecified atom stereocenters. The molecule has 3 aliphatic rings. The van der Waals surface area contributed by atoms with E-state index in [1.165, 1.54) is 15.9 Å². The summed E-state index contributed by atoms with van der Waals surface area (Å²) in [6, 6.07) is 5.33. The third-order valence-corrected chi connectivity index (χ3v) is 7.37. The second-order valence-electron chi connectivity index (χ2n) is 9.92. The van der Waals surface area contributed by atoms with E-state index in [4.69, 9.17) is 56.6 Å². The molecular weight excluding hydrogens is 503 g/mol. The van der Waals surface area contributed by atoms with Crippen molar-refractivity contribution in [3.63, 3.8) is 0 Å². The molecule has 188 valence electrons. The van der Waals surface area contributed by atoms with Gasteiger partial charge in [-0.15, -0.1) is 0 Å². The van der Waals surface area contributed by atoms with Gasteiger partial charge in [-0.25, -0.2) is 0 Å². The zero-order valence-corrected chi connectivity index (χ0v) is 21.5. The first-order valence-corrected chi connectivity index (χ1v) is 12.5. The van der Waals surface area contributed by atoms with Gasteiger partial charge >= 0.3 is 0 Å². The standard InChI is InChI=1S/C25H19B6N3O6/c26-14-8-13(20(27)21(28)19(14)22(29)33-6-7-39-10-18(33)36)25(30,31)40-16-3-1-2-11-12(16)9-34(24(11)38)15-4-5-17(35)32-23(15)37/h1-3,8,15,22H,4-7,9-10H2,(H,32,35,37). The number of hydrogen-bond acceptors (Lipinski definition) is 6. The quantitative estimate of drug-likeness (QED) is 0.311. The van der Waals surface area contributed by atoms with E-state index in [1.54, 1.807) is 18.2 Å². The first-order valence-electron chi connectivity index (χ1n) is 12.5. The minimum atomic E-state index is -2.07. The van der Waals surface area contributed by atoms with Gasteiger partial charge in [-0.1, -0.05) is 28.5 Å². The SMILES string of the molecule is [B]c1cc(C([B])([B])Oc2cccc3c2CN(C2CCC(=O)NC2=O)C3=O)c([B])c([B])c1C([B])N1CCOCC1=O. The third kappa shape index (κ3) is 4.89. The maximum Gasteiger partial charge on any atom is 0.255 e. The summed E-state index contributed by atoms with van der Waals surface area (Å²) in [7, 11) is 38.1. The van der Waals surface area contributed by atoms with Crippen LogP contribution in [0.2, 0.25) is 0 Å². The van der Waals surface area contributed by atoms with Gasteiger partial charge in [0.1, 0.15) is 65.5 Å². The van der Waals surface area contributed by atoms with Crippen LogP contribution >= 0.6 is 0 Å². The van der Waals surface area contributed by atoms with Crippen LogP contribution in [0, 0.1) is 0 Å². The van der Waals surface area contributed by atoms with Crippen molar-refractivity contribution < 1.29 is 28.7 Å². The van der Waals surface area contributed by atoms with E-state index in [0.29, 0.717) is 17.7 Å². The van der Waals surface area contributed by atoms with E-state index in [9.17, 15) is 19.2 Å². The summed E-state index contributed by atoms with van der Waals surface area (Å²) >= 11 is 0. The summed E-state index contributed by atoms with van der Waals surface area (Å²) in [5, 5.41) is 0.198. The number of nitrogens with one attached hydrogen (secondary N) is 1. The van der Waals surface area contributed by atoms with Gasteiger partial charge in [0.25, 0.3) is 5.91 Å². The Morgan fingerprint density at radius 1 is 1.10 bits per heavy atom. The third-order valence-electron chi connectivity index (χ3n) is 7.37. The lowest BCUT2D eigenvalue weighted by atomic mass is 9.55. The van der Waals surface area contributed by atoms with Gasteiger partial charge in [0.15, 0.2) is 0 Å². The van der Waals surface area contributed by atoms with Crippen molar-refractivity contribution in [2.75, 3.05) is 19.8 Å². The van der Waals surface area contributed by atoms with Gasteiger partial charge in [-0.05, 0) is 29.7 Å². The Kier molecular flexibility index (Phi) is 7.46. The second-order valence-corrected chi connectivity index (χ2v) is 9.92. The van der Waals surface area contributed by atoms with Crippen LogP contribution in [0.3, 0.4) is 0 Å². The predicted molar refractivity (Wildman–Crippen MR) is 150 cm³/mol. The molecule has 3 heterocycles. The molecule has 0 spiro atoms. The average Bonchev–Trinajstić information content (AvgIpc) is 3.23. The molecule has 2 fully saturated rings. The summed E-state index contributed by atoms with van der Waals surface area (Å²) < 4.78 is 11.2. The monoisotopic (exact) mass is 523 g/mol. The van der Waals surface area contributed by atoms with Crippen LogP contribution in [-0.2, 0) is 31.1 Å². The second kappa shape index (κ2) is 10.6. The lowest BCUT2D eigenvalue weighted by Gasteiger charge is -2.38. The molecule has 2 atom stereocenters. The van der Waals surface area contributed by atoms with Crippen LogP contribution in [0.15, 0.2) is 24.3 Å². The van der Waals surface area contributed by atoms with Gasteiger partial charge in [0, 0.05) is 35.4 Å². The van der Waals surface area contributed by atoms with Crippen LogP contribution in [0.25, 0.3) is 0 Å². The largest absolute Gasteiger partial charge is 0.502 e. The van der Waals surface area contributed by atoms with Crippen molar-refractivity contribution in [3.8, 4) is 5.75 Å². The highest BCUT2D eigenvalue weighted by molar-refractivity contribution is 6.54. The highest BCUT2D eigenvalue weighted by atomic mass is 16.5. The lowest BCUT2D eigenvalue weighted by molar-refractivity contribution is -0.143. The molecule has 5 rings (SSSR count). The van der Waals surface area contributed by atoms with Gasteiger partial charge in [0.05, 0.1) is 13.2 Å². The Morgan fingerprint density at radius 2 is 1.85 bits per heavy atom. The van der Waals surface area contributed by atoms with Crippen LogP contribution in [-0.4, -0.2) is 106 Å². The summed E-state index contributed by atoms with van der Waals surface area (Å²) in [6.45, 7) is 0.470. The summed E-state index contributed by atoms with van der Waals surface area (Å²) in [4.78, 5) is 52.2. The fraction of sp³-hybridized carbons (Fsp3) is 0.360. The summed E-state index contributed by atoms with van der Waals surface area (Å²) in [5.41, 5.74) is 1.09. The highest BCUT2D eigenvalue weighted by Gasteiger charge is 2.41. The van der Waals surface area contributed by atoms with E-state index in [0.717, 1.165) is 0 Å². The molecule has 0 saturated carbocycles. The molecule has 4 amide bonds. The number of carbonyl (C=O) groups is 4. The molecule has 2 saturated heterocycles.